The van der Waals surface area contributed by atoms with Gasteiger partial charge in [0.2, 0.25) is 5.90 Å². The number of piperazine rings is 1. The molecule has 0 saturated carbocycles. The zero-order valence-electron chi connectivity index (χ0n) is 22.8. The van der Waals surface area contributed by atoms with E-state index in [0.29, 0.717) is 55.1 Å². The number of likely N-dealkylation sites (N-methyl/N-ethyl adjacent to an activating group) is 1. The number of aromatic nitrogens is 2. The van der Waals surface area contributed by atoms with E-state index in [9.17, 15) is 4.79 Å². The van der Waals surface area contributed by atoms with Gasteiger partial charge in [-0.05, 0) is 57.3 Å². The maximum Gasteiger partial charge on any atom is 0.272 e. The van der Waals surface area contributed by atoms with E-state index in [4.69, 9.17) is 18.9 Å². The Labute approximate surface area is 228 Å². The summed E-state index contributed by atoms with van der Waals surface area (Å²) in [5.41, 5.74) is 2.97. The lowest BCUT2D eigenvalue weighted by atomic mass is 10.1. The van der Waals surface area contributed by atoms with Gasteiger partial charge in [0.05, 0.1) is 19.3 Å². The van der Waals surface area contributed by atoms with Gasteiger partial charge < -0.3 is 33.7 Å². The van der Waals surface area contributed by atoms with Crippen molar-refractivity contribution in [2.45, 2.75) is 26.1 Å². The monoisotopic (exact) mass is 533 g/mol. The van der Waals surface area contributed by atoms with Crippen LogP contribution >= 0.6 is 0 Å². The van der Waals surface area contributed by atoms with Crippen LogP contribution in [-0.4, -0.2) is 97.3 Å². The Bertz CT molecular complexity index is 1310. The molecule has 1 aromatic carbocycles. The Hall–Kier alpha value is -3.89. The van der Waals surface area contributed by atoms with E-state index in [0.717, 1.165) is 30.0 Å². The van der Waals surface area contributed by atoms with E-state index < -0.39 is 0 Å². The van der Waals surface area contributed by atoms with Crippen LogP contribution in [0.25, 0.3) is 11.3 Å². The number of carbonyl (C=O) groups is 1. The number of benzene rings is 1. The Morgan fingerprint density at radius 3 is 2.54 bits per heavy atom. The molecule has 4 heterocycles. The number of nitrogens with zero attached hydrogens (tertiary/aromatic N) is 4. The number of H-pyrrole nitrogens is 1. The molecular formula is C29H35N5O5. The zero-order valence-corrected chi connectivity index (χ0v) is 22.8. The van der Waals surface area contributed by atoms with Crippen LogP contribution in [0.4, 0.5) is 0 Å². The standard InChI is InChI=1S/C29H35N5O5/c1-19-16-31-28(38-19)26-8-7-25(32-26)21-13-23(37-20(2)18-36-4)15-24(14-21)39-22-5-6-27(30-17-22)29(35)34-11-9-33(3)10-12-34/h5-8,13-15,17,19-20,32H,9-12,16,18H2,1-4H3. The summed E-state index contributed by atoms with van der Waals surface area (Å²) in [6, 6.07) is 13.1. The second-order valence-electron chi connectivity index (χ2n) is 10.0. The summed E-state index contributed by atoms with van der Waals surface area (Å²) < 4.78 is 23.3. The minimum Gasteiger partial charge on any atom is -0.488 e. The van der Waals surface area contributed by atoms with Crippen LogP contribution in [0.15, 0.2) is 53.7 Å². The van der Waals surface area contributed by atoms with Crippen LogP contribution in [0.5, 0.6) is 17.2 Å². The molecule has 0 bridgehead atoms. The molecule has 206 valence electrons. The summed E-state index contributed by atoms with van der Waals surface area (Å²) in [5.74, 6) is 2.29. The summed E-state index contributed by atoms with van der Waals surface area (Å²) in [7, 11) is 3.70. The minimum atomic E-state index is -0.151. The fraction of sp³-hybridized carbons (Fsp3) is 0.414. The molecule has 2 aromatic heterocycles. The molecule has 1 amide bonds. The normalized spacial score (nSPS) is 18.4. The molecule has 5 rings (SSSR count). The maximum atomic E-state index is 12.8. The highest BCUT2D eigenvalue weighted by Crippen LogP contribution is 2.33. The number of ether oxygens (including phenoxy) is 4. The van der Waals surface area contributed by atoms with Crippen LogP contribution in [-0.2, 0) is 9.47 Å². The highest BCUT2D eigenvalue weighted by atomic mass is 16.5. The molecule has 10 heteroatoms. The van der Waals surface area contributed by atoms with Crippen molar-refractivity contribution in [2.24, 2.45) is 4.99 Å². The number of amides is 1. The predicted molar refractivity (Wildman–Crippen MR) is 148 cm³/mol. The SMILES string of the molecule is COCC(C)Oc1cc(Oc2ccc(C(=O)N3CCN(C)CC3)nc2)cc(-c2ccc(C3=NCC(C)O3)[nH]2)c1. The summed E-state index contributed by atoms with van der Waals surface area (Å²) >= 11 is 0. The molecule has 2 aliphatic heterocycles. The van der Waals surface area contributed by atoms with Crippen molar-refractivity contribution in [3.05, 3.63) is 60.0 Å². The minimum absolute atomic E-state index is 0.0627. The first-order chi connectivity index (χ1) is 18.9. The third kappa shape index (κ3) is 6.58. The highest BCUT2D eigenvalue weighted by molar-refractivity contribution is 5.94. The number of carbonyl (C=O) groups excluding carboxylic acids is 1. The average molecular weight is 534 g/mol. The van der Waals surface area contributed by atoms with Crippen molar-refractivity contribution in [1.82, 2.24) is 19.8 Å². The van der Waals surface area contributed by atoms with Gasteiger partial charge in [-0.2, -0.15) is 0 Å². The van der Waals surface area contributed by atoms with Crippen LogP contribution < -0.4 is 9.47 Å². The van der Waals surface area contributed by atoms with E-state index in [1.807, 2.05) is 49.1 Å². The molecule has 2 unspecified atom stereocenters. The third-order valence-electron chi connectivity index (χ3n) is 6.63. The van der Waals surface area contributed by atoms with Crippen molar-refractivity contribution in [1.29, 1.82) is 0 Å². The number of aromatic amines is 1. The smallest absolute Gasteiger partial charge is 0.272 e. The Morgan fingerprint density at radius 2 is 1.85 bits per heavy atom. The van der Waals surface area contributed by atoms with E-state index in [2.05, 4.69) is 26.9 Å². The van der Waals surface area contributed by atoms with Gasteiger partial charge in [-0.25, -0.2) is 9.98 Å². The second kappa shape index (κ2) is 11.9. The Kier molecular flexibility index (Phi) is 8.13. The molecule has 0 spiro atoms. The average Bonchev–Trinajstić information content (AvgIpc) is 3.59. The molecule has 2 atom stereocenters. The number of hydrogen-bond acceptors (Lipinski definition) is 8. The number of rotatable bonds is 9. The van der Waals surface area contributed by atoms with E-state index in [1.165, 1.54) is 0 Å². The fourth-order valence-corrected chi connectivity index (χ4v) is 4.54. The largest absolute Gasteiger partial charge is 0.488 e. The fourth-order valence-electron chi connectivity index (χ4n) is 4.54. The number of nitrogens with one attached hydrogen (secondary N) is 1. The highest BCUT2D eigenvalue weighted by Gasteiger charge is 2.22. The Morgan fingerprint density at radius 1 is 1.08 bits per heavy atom. The van der Waals surface area contributed by atoms with Gasteiger partial charge in [-0.1, -0.05) is 0 Å². The van der Waals surface area contributed by atoms with Crippen LogP contribution in [0.3, 0.4) is 0 Å². The van der Waals surface area contributed by atoms with Crippen molar-refractivity contribution < 1.29 is 23.7 Å². The molecular weight excluding hydrogens is 498 g/mol. The summed E-state index contributed by atoms with van der Waals surface area (Å²) in [6.45, 7) is 8.16. The molecule has 39 heavy (non-hydrogen) atoms. The van der Waals surface area contributed by atoms with Gasteiger partial charge in [0.25, 0.3) is 5.91 Å². The van der Waals surface area contributed by atoms with Gasteiger partial charge in [0.1, 0.15) is 40.8 Å². The lowest BCUT2D eigenvalue weighted by molar-refractivity contribution is 0.0658. The molecule has 2 aliphatic rings. The molecule has 3 aromatic rings. The lowest BCUT2D eigenvalue weighted by Crippen LogP contribution is -2.47. The zero-order chi connectivity index (χ0) is 27.4. The van der Waals surface area contributed by atoms with Gasteiger partial charge in [0, 0.05) is 50.6 Å². The summed E-state index contributed by atoms with van der Waals surface area (Å²) in [6.07, 6.45) is 1.50. The first kappa shape index (κ1) is 26.7. The van der Waals surface area contributed by atoms with Gasteiger partial charge in [-0.3, -0.25) is 4.79 Å². The summed E-state index contributed by atoms with van der Waals surface area (Å²) in [4.78, 5) is 29.1. The van der Waals surface area contributed by atoms with Crippen molar-refractivity contribution in [3.8, 4) is 28.5 Å². The molecule has 10 nitrogen and oxygen atoms in total. The molecule has 0 aliphatic carbocycles. The van der Waals surface area contributed by atoms with E-state index in [-0.39, 0.29) is 18.1 Å². The van der Waals surface area contributed by atoms with E-state index >= 15 is 0 Å². The van der Waals surface area contributed by atoms with Gasteiger partial charge in [-0.15, -0.1) is 0 Å². The molecule has 1 N–H and O–H groups in total. The topological polar surface area (TPSA) is 102 Å². The lowest BCUT2D eigenvalue weighted by Gasteiger charge is -2.32. The van der Waals surface area contributed by atoms with Crippen LogP contribution in [0.1, 0.15) is 30.0 Å². The second-order valence-corrected chi connectivity index (χ2v) is 10.0. The molecule has 1 fully saturated rings. The number of hydrogen-bond donors (Lipinski definition) is 1. The van der Waals surface area contributed by atoms with Crippen molar-refractivity contribution in [3.63, 3.8) is 0 Å². The predicted octanol–water partition coefficient (Wildman–Crippen LogP) is 3.84. The van der Waals surface area contributed by atoms with Crippen molar-refractivity contribution in [2.75, 3.05) is 53.5 Å². The van der Waals surface area contributed by atoms with Crippen LogP contribution in [0.2, 0.25) is 0 Å². The first-order valence-corrected chi connectivity index (χ1v) is 13.2. The molecule has 0 radical (unpaired) electrons. The molecule has 1 saturated heterocycles. The number of aliphatic imine (C=N–C) groups is 1. The van der Waals surface area contributed by atoms with Gasteiger partial charge in [0.15, 0.2) is 0 Å². The van der Waals surface area contributed by atoms with Crippen molar-refractivity contribution >= 4 is 11.8 Å². The van der Waals surface area contributed by atoms with Crippen LogP contribution in [0, 0.1) is 0 Å². The first-order valence-electron chi connectivity index (χ1n) is 13.2. The summed E-state index contributed by atoms with van der Waals surface area (Å²) in [5, 5.41) is 0. The number of methoxy groups -OCH3 is 1. The number of pyridine rings is 1. The quantitative estimate of drug-likeness (QED) is 0.446. The van der Waals surface area contributed by atoms with Gasteiger partial charge >= 0.3 is 0 Å². The maximum absolute atomic E-state index is 12.8. The van der Waals surface area contributed by atoms with E-state index in [1.54, 1.807) is 25.4 Å². The third-order valence-corrected chi connectivity index (χ3v) is 6.63. The Balaban J connectivity index is 1.35.